The van der Waals surface area contributed by atoms with Gasteiger partial charge in [0, 0.05) is 49.4 Å². The molecule has 74 heavy (non-hydrogen) atoms. The summed E-state index contributed by atoms with van der Waals surface area (Å²) in [5.41, 5.74) is 18.4. The van der Waals surface area contributed by atoms with Gasteiger partial charge in [0.1, 0.15) is 0 Å². The van der Waals surface area contributed by atoms with E-state index in [1.54, 1.807) is 0 Å². The molecule has 0 aliphatic rings. The van der Waals surface area contributed by atoms with Crippen LogP contribution in [0.5, 0.6) is 0 Å². The lowest BCUT2D eigenvalue weighted by molar-refractivity contribution is 1.07. The maximum Gasteiger partial charge on any atom is 0.164 e. The highest BCUT2D eigenvalue weighted by Crippen LogP contribution is 2.42. The fourth-order valence-electron chi connectivity index (χ4n) is 10.9. The third-order valence-corrected chi connectivity index (χ3v) is 14.4. The first kappa shape index (κ1) is 42.9. The molecule has 5 heteroatoms. The molecule has 0 saturated heterocycles. The van der Waals surface area contributed by atoms with E-state index in [1.165, 1.54) is 21.5 Å². The van der Waals surface area contributed by atoms with Gasteiger partial charge in [-0.2, -0.15) is 0 Å². The van der Waals surface area contributed by atoms with E-state index in [2.05, 4.69) is 264 Å². The molecule has 0 bridgehead atoms. The Hall–Kier alpha value is -9.97. The minimum atomic E-state index is 0.593. The van der Waals surface area contributed by atoms with Crippen LogP contribution in [0.25, 0.3) is 134 Å². The van der Waals surface area contributed by atoms with Crippen molar-refractivity contribution in [2.45, 2.75) is 0 Å². The third kappa shape index (κ3) is 7.46. The summed E-state index contributed by atoms with van der Waals surface area (Å²) in [6.07, 6.45) is 0. The summed E-state index contributed by atoms with van der Waals surface area (Å²) in [5.74, 6) is 1.79. The Labute approximate surface area is 428 Å². The number of benzene rings is 11. The van der Waals surface area contributed by atoms with Crippen LogP contribution in [-0.2, 0) is 0 Å². The fourth-order valence-corrected chi connectivity index (χ4v) is 10.9. The lowest BCUT2D eigenvalue weighted by atomic mass is 9.95. The molecule has 0 spiro atoms. The van der Waals surface area contributed by atoms with Gasteiger partial charge in [-0.3, -0.25) is 0 Å². The second kappa shape index (κ2) is 18.0. The molecule has 0 aliphatic heterocycles. The number of nitrogens with zero attached hydrogens (tertiary/aromatic N) is 5. The standard InChI is InChI=1S/C69H45N5/c1-4-20-46(21-5-1)49-38-40-65(73-61-34-14-10-30-55(61)56-31-11-15-35-62(56)73)59(44-49)51-26-18-28-53(42-51)68-70-67(48-24-8-3-9-25-48)71-69(72-68)54-29-19-27-52(43-54)60-45-50(47-22-6-2-7-23-47)39-41-66(60)74-63-36-16-12-32-57(63)58-33-13-17-37-64(58)74/h1-45H. The second-order valence-electron chi connectivity index (χ2n) is 18.8. The van der Waals surface area contributed by atoms with Gasteiger partial charge in [-0.05, 0) is 94.0 Å². The number of para-hydroxylation sites is 4. The highest BCUT2D eigenvalue weighted by atomic mass is 15.0. The summed E-state index contributed by atoms with van der Waals surface area (Å²) in [6.45, 7) is 0. The average Bonchev–Trinajstić information content (AvgIpc) is 4.00. The molecule has 0 radical (unpaired) electrons. The largest absolute Gasteiger partial charge is 0.309 e. The topological polar surface area (TPSA) is 48.5 Å². The van der Waals surface area contributed by atoms with Crippen LogP contribution in [-0.4, -0.2) is 24.1 Å². The molecule has 0 aliphatic carbocycles. The van der Waals surface area contributed by atoms with Crippen LogP contribution < -0.4 is 0 Å². The first-order valence-electron chi connectivity index (χ1n) is 25.1. The van der Waals surface area contributed by atoms with Crippen molar-refractivity contribution in [1.82, 2.24) is 24.1 Å². The van der Waals surface area contributed by atoms with E-state index >= 15 is 0 Å². The van der Waals surface area contributed by atoms with E-state index in [-0.39, 0.29) is 0 Å². The van der Waals surface area contributed by atoms with Crippen LogP contribution in [0.4, 0.5) is 0 Å². The summed E-state index contributed by atoms with van der Waals surface area (Å²) in [7, 11) is 0. The second-order valence-corrected chi connectivity index (χ2v) is 18.8. The van der Waals surface area contributed by atoms with Crippen molar-refractivity contribution >= 4 is 43.6 Å². The van der Waals surface area contributed by atoms with Gasteiger partial charge in [0.2, 0.25) is 0 Å². The Morgan fingerprint density at radius 1 is 0.203 bits per heavy atom. The highest BCUT2D eigenvalue weighted by molar-refractivity contribution is 6.11. The molecule has 0 saturated carbocycles. The molecule has 3 aromatic heterocycles. The molecular formula is C69H45N5. The lowest BCUT2D eigenvalue weighted by Crippen LogP contribution is -2.01. The van der Waals surface area contributed by atoms with E-state index in [4.69, 9.17) is 15.0 Å². The molecule has 5 nitrogen and oxygen atoms in total. The van der Waals surface area contributed by atoms with Crippen LogP contribution in [0.1, 0.15) is 0 Å². The van der Waals surface area contributed by atoms with Crippen LogP contribution >= 0.6 is 0 Å². The Morgan fingerprint density at radius 3 is 0.878 bits per heavy atom. The fraction of sp³-hybridized carbons (Fsp3) is 0. The molecule has 11 aromatic carbocycles. The number of hydrogen-bond donors (Lipinski definition) is 0. The van der Waals surface area contributed by atoms with Crippen molar-refractivity contribution in [1.29, 1.82) is 0 Å². The molecule has 346 valence electrons. The maximum absolute atomic E-state index is 5.37. The van der Waals surface area contributed by atoms with E-state index < -0.39 is 0 Å². The quantitative estimate of drug-likeness (QED) is 0.145. The van der Waals surface area contributed by atoms with Gasteiger partial charge in [-0.15, -0.1) is 0 Å². The number of hydrogen-bond acceptors (Lipinski definition) is 3. The van der Waals surface area contributed by atoms with Gasteiger partial charge in [0.25, 0.3) is 0 Å². The van der Waals surface area contributed by atoms with Crippen LogP contribution in [0, 0.1) is 0 Å². The van der Waals surface area contributed by atoms with Gasteiger partial charge >= 0.3 is 0 Å². The summed E-state index contributed by atoms with van der Waals surface area (Å²) < 4.78 is 4.82. The monoisotopic (exact) mass is 943 g/mol. The van der Waals surface area contributed by atoms with Gasteiger partial charge in [-0.25, -0.2) is 15.0 Å². The van der Waals surface area contributed by atoms with Crippen molar-refractivity contribution < 1.29 is 0 Å². The van der Waals surface area contributed by atoms with Crippen molar-refractivity contribution in [2.24, 2.45) is 0 Å². The van der Waals surface area contributed by atoms with Crippen LogP contribution in [0.2, 0.25) is 0 Å². The summed E-state index contributed by atoms with van der Waals surface area (Å²) in [5, 5.41) is 4.88. The summed E-state index contributed by atoms with van der Waals surface area (Å²) in [4.78, 5) is 15.9. The highest BCUT2D eigenvalue weighted by Gasteiger charge is 2.21. The minimum Gasteiger partial charge on any atom is -0.309 e. The zero-order chi connectivity index (χ0) is 49.0. The smallest absolute Gasteiger partial charge is 0.164 e. The zero-order valence-electron chi connectivity index (χ0n) is 40.2. The minimum absolute atomic E-state index is 0.593. The molecule has 0 fully saturated rings. The number of aromatic nitrogens is 5. The van der Waals surface area contributed by atoms with Crippen LogP contribution in [0.15, 0.2) is 273 Å². The third-order valence-electron chi connectivity index (χ3n) is 14.4. The number of fused-ring (bicyclic) bond motifs is 6. The van der Waals surface area contributed by atoms with E-state index in [1.807, 2.05) is 18.2 Å². The first-order valence-corrected chi connectivity index (χ1v) is 25.1. The Kier molecular flexibility index (Phi) is 10.4. The molecule has 0 amide bonds. The van der Waals surface area contributed by atoms with Crippen molar-refractivity contribution in [3.8, 4) is 90.0 Å². The molecule has 14 rings (SSSR count). The molecule has 0 unspecified atom stereocenters. The molecule has 0 atom stereocenters. The summed E-state index contributed by atoms with van der Waals surface area (Å²) in [6, 6.07) is 97.2. The molecule has 14 aromatic rings. The Balaban J connectivity index is 0.944. The summed E-state index contributed by atoms with van der Waals surface area (Å²) >= 11 is 0. The predicted octanol–water partition coefficient (Wildman–Crippen LogP) is 17.7. The average molecular weight is 944 g/mol. The SMILES string of the molecule is c1ccc(-c2ccc(-n3c4ccccc4c4ccccc43)c(-c3cccc(-c4nc(-c5ccccc5)nc(-c5cccc(-c6cc(-c7ccccc7)ccc6-n6c7ccccc7c7ccccc76)c5)n4)c3)c2)cc1. The lowest BCUT2D eigenvalue weighted by Gasteiger charge is -2.17. The first-order chi connectivity index (χ1) is 36.7. The van der Waals surface area contributed by atoms with Crippen molar-refractivity contribution in [3.63, 3.8) is 0 Å². The zero-order valence-corrected chi connectivity index (χ0v) is 40.2. The number of rotatable bonds is 9. The van der Waals surface area contributed by atoms with Crippen molar-refractivity contribution in [3.05, 3.63) is 273 Å². The van der Waals surface area contributed by atoms with E-state index in [0.29, 0.717) is 17.5 Å². The van der Waals surface area contributed by atoms with Crippen molar-refractivity contribution in [2.75, 3.05) is 0 Å². The van der Waals surface area contributed by atoms with E-state index in [9.17, 15) is 0 Å². The molecule has 0 N–H and O–H groups in total. The van der Waals surface area contributed by atoms with Gasteiger partial charge in [0.05, 0.1) is 33.4 Å². The molecular weight excluding hydrogens is 899 g/mol. The Morgan fingerprint density at radius 2 is 0.500 bits per heavy atom. The normalized spacial score (nSPS) is 11.5. The predicted molar refractivity (Wildman–Crippen MR) is 307 cm³/mol. The van der Waals surface area contributed by atoms with Crippen LogP contribution in [0.3, 0.4) is 0 Å². The van der Waals surface area contributed by atoms with Gasteiger partial charge in [-0.1, -0.05) is 212 Å². The van der Waals surface area contributed by atoms with Gasteiger partial charge < -0.3 is 9.13 Å². The molecule has 3 heterocycles. The maximum atomic E-state index is 5.37. The van der Waals surface area contributed by atoms with E-state index in [0.717, 1.165) is 94.6 Å². The van der Waals surface area contributed by atoms with Gasteiger partial charge in [0.15, 0.2) is 17.5 Å². The Bertz CT molecular complexity index is 4050.